The molecule has 0 fully saturated rings. The highest BCUT2D eigenvalue weighted by molar-refractivity contribution is 6.03. The number of nitrogens with one attached hydrogen (secondary N) is 3. The SMILES string of the molecule is Cc1noc(C)c1NC(=O)Nc1ccc2c(c1)C(=O)N([C@@H](C)CO)C[C@H](C)[C@@H](CN(C)C(=O)Nc1c(C)noc1C)O2. The largest absolute Gasteiger partial charge is 0.487 e. The molecular formula is C28H37N7O7. The number of aryl methyl sites for hydroxylation is 4. The summed E-state index contributed by atoms with van der Waals surface area (Å²) >= 11 is 0. The minimum Gasteiger partial charge on any atom is -0.487 e. The molecule has 14 heteroatoms. The normalized spacial score (nSPS) is 17.4. The Morgan fingerprint density at radius 3 is 2.26 bits per heavy atom. The number of benzene rings is 1. The fourth-order valence-electron chi connectivity index (χ4n) is 4.67. The number of aliphatic hydroxyl groups excluding tert-OH is 1. The number of urea groups is 2. The average molecular weight is 584 g/mol. The number of hydrogen-bond donors (Lipinski definition) is 4. The van der Waals surface area contributed by atoms with Crippen molar-refractivity contribution in [2.75, 3.05) is 42.7 Å². The number of carbonyl (C=O) groups excluding carboxylic acids is 3. The van der Waals surface area contributed by atoms with E-state index in [4.69, 9.17) is 13.8 Å². The summed E-state index contributed by atoms with van der Waals surface area (Å²) in [5.41, 5.74) is 2.63. The molecule has 0 aliphatic carbocycles. The zero-order valence-corrected chi connectivity index (χ0v) is 24.8. The van der Waals surface area contributed by atoms with Crippen molar-refractivity contribution in [1.29, 1.82) is 0 Å². The van der Waals surface area contributed by atoms with E-state index >= 15 is 0 Å². The Hall–Kier alpha value is -4.59. The summed E-state index contributed by atoms with van der Waals surface area (Å²) < 4.78 is 16.6. The first-order valence-corrected chi connectivity index (χ1v) is 13.6. The lowest BCUT2D eigenvalue weighted by molar-refractivity contribution is 0.0371. The van der Waals surface area contributed by atoms with E-state index in [1.807, 2.05) is 6.92 Å². The Balaban J connectivity index is 1.57. The van der Waals surface area contributed by atoms with Crippen LogP contribution in [0.15, 0.2) is 27.2 Å². The molecule has 3 heterocycles. The van der Waals surface area contributed by atoms with E-state index in [0.29, 0.717) is 45.7 Å². The Morgan fingerprint density at radius 2 is 1.69 bits per heavy atom. The van der Waals surface area contributed by atoms with Gasteiger partial charge in [0.1, 0.15) is 34.6 Å². The van der Waals surface area contributed by atoms with Gasteiger partial charge in [-0.05, 0) is 52.8 Å². The maximum absolute atomic E-state index is 13.7. The van der Waals surface area contributed by atoms with Gasteiger partial charge in [0.25, 0.3) is 5.91 Å². The molecule has 0 radical (unpaired) electrons. The number of amides is 5. The predicted octanol–water partition coefficient (Wildman–Crippen LogP) is 3.92. The van der Waals surface area contributed by atoms with Crippen LogP contribution in [0.5, 0.6) is 5.75 Å². The standard InChI is InChI=1S/C28H37N7O7/c1-14-11-35(15(2)13-36)26(37)21-10-20(29-27(38)30-24-16(3)32-41-18(24)5)8-9-22(21)40-23(14)12-34(7)28(39)31-25-17(4)33-42-19(25)6/h8-10,14-15,23,36H,11-13H2,1-7H3,(H,31,39)(H2,29,30,38)/t14-,15-,23+/m0/s1. The zero-order valence-electron chi connectivity index (χ0n) is 24.8. The lowest BCUT2D eigenvalue weighted by atomic mass is 9.99. The minimum atomic E-state index is -0.540. The molecule has 3 atom stereocenters. The molecule has 1 aromatic carbocycles. The van der Waals surface area contributed by atoms with Crippen LogP contribution in [-0.2, 0) is 0 Å². The molecule has 1 aliphatic heterocycles. The van der Waals surface area contributed by atoms with Crippen LogP contribution in [0.1, 0.15) is 47.1 Å². The lowest BCUT2D eigenvalue weighted by Crippen LogP contribution is -2.50. The third kappa shape index (κ3) is 6.48. The quantitative estimate of drug-likeness (QED) is 0.321. The van der Waals surface area contributed by atoms with E-state index in [1.54, 1.807) is 58.7 Å². The fraction of sp³-hybridized carbons (Fsp3) is 0.464. The topological polar surface area (TPSA) is 175 Å². The number of rotatable bonds is 7. The van der Waals surface area contributed by atoms with Gasteiger partial charge in [-0.25, -0.2) is 9.59 Å². The van der Waals surface area contributed by atoms with Gasteiger partial charge >= 0.3 is 12.1 Å². The summed E-state index contributed by atoms with van der Waals surface area (Å²) in [4.78, 5) is 42.5. The highest BCUT2D eigenvalue weighted by Crippen LogP contribution is 2.31. The van der Waals surface area contributed by atoms with Gasteiger partial charge in [-0.1, -0.05) is 17.2 Å². The number of anilines is 3. The first-order valence-electron chi connectivity index (χ1n) is 13.6. The number of nitrogens with zero attached hydrogens (tertiary/aromatic N) is 4. The Bertz CT molecular complexity index is 1430. The van der Waals surface area contributed by atoms with Crippen molar-refractivity contribution in [3.8, 4) is 5.75 Å². The van der Waals surface area contributed by atoms with Crippen molar-refractivity contribution in [3.63, 3.8) is 0 Å². The van der Waals surface area contributed by atoms with Crippen molar-refractivity contribution in [3.05, 3.63) is 46.7 Å². The number of aliphatic hydroxyl groups is 1. The lowest BCUT2D eigenvalue weighted by Gasteiger charge is -2.38. The zero-order chi connectivity index (χ0) is 30.7. The third-order valence-corrected chi connectivity index (χ3v) is 7.26. The van der Waals surface area contributed by atoms with E-state index in [2.05, 4.69) is 26.3 Å². The van der Waals surface area contributed by atoms with Crippen LogP contribution < -0.4 is 20.7 Å². The second kappa shape index (κ2) is 12.5. The summed E-state index contributed by atoms with van der Waals surface area (Å²) in [6.07, 6.45) is -0.507. The Kier molecular flexibility index (Phi) is 9.05. The van der Waals surface area contributed by atoms with Gasteiger partial charge in [0.2, 0.25) is 0 Å². The molecule has 1 aliphatic rings. The van der Waals surface area contributed by atoms with Gasteiger partial charge in [-0.15, -0.1) is 0 Å². The summed E-state index contributed by atoms with van der Waals surface area (Å²) in [6.45, 7) is 10.8. The maximum Gasteiger partial charge on any atom is 0.323 e. The third-order valence-electron chi connectivity index (χ3n) is 7.26. The fourth-order valence-corrected chi connectivity index (χ4v) is 4.67. The van der Waals surface area contributed by atoms with E-state index in [1.165, 1.54) is 11.0 Å². The summed E-state index contributed by atoms with van der Waals surface area (Å²) in [5, 5.41) is 25.9. The van der Waals surface area contributed by atoms with Crippen molar-refractivity contribution in [1.82, 2.24) is 20.1 Å². The van der Waals surface area contributed by atoms with E-state index < -0.39 is 18.2 Å². The van der Waals surface area contributed by atoms with E-state index in [9.17, 15) is 19.5 Å². The molecule has 4 N–H and O–H groups in total. The summed E-state index contributed by atoms with van der Waals surface area (Å²) in [7, 11) is 1.65. The van der Waals surface area contributed by atoms with Crippen molar-refractivity contribution in [2.45, 2.75) is 53.7 Å². The van der Waals surface area contributed by atoms with Gasteiger partial charge in [0, 0.05) is 25.2 Å². The highest BCUT2D eigenvalue weighted by Gasteiger charge is 2.34. The van der Waals surface area contributed by atoms with Gasteiger partial charge in [0.15, 0.2) is 11.5 Å². The van der Waals surface area contributed by atoms with Gasteiger partial charge in [0.05, 0.1) is 24.8 Å². The van der Waals surface area contributed by atoms with Crippen LogP contribution in [0.4, 0.5) is 26.7 Å². The van der Waals surface area contributed by atoms with Gasteiger partial charge < -0.3 is 44.6 Å². The first-order chi connectivity index (χ1) is 19.9. The number of likely N-dealkylation sites (N-methyl/N-ethyl adjacent to an activating group) is 1. The second-order valence-corrected chi connectivity index (χ2v) is 10.6. The van der Waals surface area contributed by atoms with Crippen LogP contribution in [-0.4, -0.2) is 82.1 Å². The minimum absolute atomic E-state index is 0.200. The monoisotopic (exact) mass is 583 g/mol. The molecule has 0 unspecified atom stereocenters. The van der Waals surface area contributed by atoms with Crippen LogP contribution in [0.25, 0.3) is 0 Å². The molecular weight excluding hydrogens is 546 g/mol. The molecule has 226 valence electrons. The van der Waals surface area contributed by atoms with E-state index in [-0.39, 0.29) is 43.1 Å². The molecule has 3 aromatic rings. The molecule has 0 saturated heterocycles. The summed E-state index contributed by atoms with van der Waals surface area (Å²) in [6, 6.07) is 3.37. The highest BCUT2D eigenvalue weighted by atomic mass is 16.5. The average Bonchev–Trinajstić information content (AvgIpc) is 3.44. The van der Waals surface area contributed by atoms with Crippen LogP contribution in [0.2, 0.25) is 0 Å². The number of ether oxygens (including phenoxy) is 1. The van der Waals surface area contributed by atoms with Gasteiger partial charge in [-0.2, -0.15) is 0 Å². The molecule has 4 rings (SSSR count). The second-order valence-electron chi connectivity index (χ2n) is 10.6. The van der Waals surface area contributed by atoms with Crippen molar-refractivity contribution < 1.29 is 33.3 Å². The number of aromatic nitrogens is 2. The predicted molar refractivity (Wildman–Crippen MR) is 154 cm³/mol. The number of carbonyl (C=O) groups is 3. The molecule has 0 bridgehead atoms. The van der Waals surface area contributed by atoms with E-state index in [0.717, 1.165) is 0 Å². The van der Waals surface area contributed by atoms with Crippen molar-refractivity contribution in [2.24, 2.45) is 5.92 Å². The molecule has 5 amide bonds. The molecule has 42 heavy (non-hydrogen) atoms. The molecule has 14 nitrogen and oxygen atoms in total. The Morgan fingerprint density at radius 1 is 1.07 bits per heavy atom. The Labute approximate surface area is 243 Å². The van der Waals surface area contributed by atoms with Gasteiger partial charge in [-0.3, -0.25) is 4.79 Å². The molecule has 2 aromatic heterocycles. The molecule has 0 saturated carbocycles. The first kappa shape index (κ1) is 30.4. The summed E-state index contributed by atoms with van der Waals surface area (Å²) in [5.74, 6) is 0.697. The van der Waals surface area contributed by atoms with Crippen molar-refractivity contribution >= 4 is 35.0 Å². The van der Waals surface area contributed by atoms with Crippen LogP contribution in [0, 0.1) is 33.6 Å². The van der Waals surface area contributed by atoms with Crippen LogP contribution in [0.3, 0.4) is 0 Å². The van der Waals surface area contributed by atoms with Crippen LogP contribution >= 0.6 is 0 Å². The number of hydrogen-bond acceptors (Lipinski definition) is 9. The molecule has 0 spiro atoms. The maximum atomic E-state index is 13.7. The number of fused-ring (bicyclic) bond motifs is 1. The smallest absolute Gasteiger partial charge is 0.323 e.